The van der Waals surface area contributed by atoms with E-state index in [0.29, 0.717) is 25.6 Å². The van der Waals surface area contributed by atoms with Crippen LogP contribution in [0.2, 0.25) is 0 Å². The highest BCUT2D eigenvalue weighted by Crippen LogP contribution is 2.28. The Morgan fingerprint density at radius 3 is 2.67 bits per heavy atom. The molecule has 2 aliphatic heterocycles. The summed E-state index contributed by atoms with van der Waals surface area (Å²) in [6.45, 7) is 3.57. The monoisotopic (exact) mass is 393 g/mol. The molecule has 3 heterocycles. The summed E-state index contributed by atoms with van der Waals surface area (Å²) in [5.74, 6) is 0.679. The van der Waals surface area contributed by atoms with Gasteiger partial charge in [-0.05, 0) is 30.7 Å². The van der Waals surface area contributed by atoms with Crippen LogP contribution in [-0.4, -0.2) is 82.7 Å². The molecule has 8 heteroatoms. The van der Waals surface area contributed by atoms with Crippen molar-refractivity contribution < 1.29 is 19.4 Å². The fourth-order valence-electron chi connectivity index (χ4n) is 4.33. The Morgan fingerprint density at radius 2 is 2.00 bits per heavy atom. The zero-order chi connectivity index (χ0) is 18.8. The van der Waals surface area contributed by atoms with Crippen molar-refractivity contribution in [3.63, 3.8) is 0 Å². The minimum absolute atomic E-state index is 0.0655. The second kappa shape index (κ2) is 8.06. The maximum atomic E-state index is 13.1. The van der Waals surface area contributed by atoms with Gasteiger partial charge in [0.2, 0.25) is 5.91 Å². The summed E-state index contributed by atoms with van der Waals surface area (Å²) in [4.78, 5) is 30.4. The van der Waals surface area contributed by atoms with Gasteiger partial charge in [0.1, 0.15) is 17.9 Å². The van der Waals surface area contributed by atoms with Crippen molar-refractivity contribution in [2.24, 2.45) is 0 Å². The molecule has 27 heavy (non-hydrogen) atoms. The molecule has 1 aliphatic carbocycles. The Bertz CT molecular complexity index is 664. The summed E-state index contributed by atoms with van der Waals surface area (Å²) >= 11 is 1.54. The molecule has 0 unspecified atom stereocenters. The molecule has 1 aromatic rings. The first kappa shape index (κ1) is 18.6. The number of carbonyl (C=O) groups excluding carboxylic acids is 1. The van der Waals surface area contributed by atoms with Gasteiger partial charge in [0, 0.05) is 44.0 Å². The van der Waals surface area contributed by atoms with Crippen LogP contribution in [0.3, 0.4) is 0 Å². The molecule has 1 N–H and O–H groups in total. The summed E-state index contributed by atoms with van der Waals surface area (Å²) in [5.41, 5.74) is 0. The number of ether oxygens (including phenoxy) is 1. The van der Waals surface area contributed by atoms with E-state index in [-0.39, 0.29) is 18.6 Å². The van der Waals surface area contributed by atoms with Gasteiger partial charge in [-0.25, -0.2) is 4.79 Å². The quantitative estimate of drug-likeness (QED) is 0.850. The summed E-state index contributed by atoms with van der Waals surface area (Å²) in [5, 5.41) is 13.4. The molecule has 0 bridgehead atoms. The predicted molar refractivity (Wildman–Crippen MR) is 102 cm³/mol. The van der Waals surface area contributed by atoms with Crippen LogP contribution in [0.5, 0.6) is 5.75 Å². The van der Waals surface area contributed by atoms with Crippen LogP contribution in [0, 0.1) is 0 Å². The Labute approximate surface area is 163 Å². The molecular weight excluding hydrogens is 366 g/mol. The minimum atomic E-state index is -1.05. The third-order valence-corrected chi connectivity index (χ3v) is 6.69. The zero-order valence-electron chi connectivity index (χ0n) is 15.5. The number of thiophene rings is 1. The lowest BCUT2D eigenvalue weighted by Crippen LogP contribution is -2.49. The fraction of sp³-hybridized carbons (Fsp3) is 0.684. The van der Waals surface area contributed by atoms with Crippen LogP contribution < -0.4 is 4.74 Å². The maximum Gasteiger partial charge on any atom is 0.408 e. The van der Waals surface area contributed by atoms with E-state index in [1.807, 2.05) is 21.7 Å². The summed E-state index contributed by atoms with van der Waals surface area (Å²) in [6.07, 6.45) is 3.90. The van der Waals surface area contributed by atoms with E-state index in [0.717, 1.165) is 25.3 Å². The largest absolute Gasteiger partial charge is 0.488 e. The minimum Gasteiger partial charge on any atom is -0.488 e. The molecule has 4 rings (SSSR count). The smallest absolute Gasteiger partial charge is 0.408 e. The average molecular weight is 394 g/mol. The molecule has 0 spiro atoms. The Balaban J connectivity index is 1.39. The van der Waals surface area contributed by atoms with Crippen molar-refractivity contribution in [2.75, 3.05) is 32.7 Å². The number of nitrogens with zero attached hydrogens (tertiary/aromatic N) is 3. The number of amides is 2. The van der Waals surface area contributed by atoms with Crippen molar-refractivity contribution in [1.82, 2.24) is 14.7 Å². The Kier molecular flexibility index (Phi) is 5.54. The number of hydrogen-bond acceptors (Lipinski definition) is 5. The molecule has 1 saturated carbocycles. The third-order valence-electron chi connectivity index (χ3n) is 6.02. The van der Waals surface area contributed by atoms with E-state index in [2.05, 4.69) is 4.90 Å². The Morgan fingerprint density at radius 1 is 1.15 bits per heavy atom. The molecule has 0 radical (unpaired) electrons. The molecule has 1 aromatic heterocycles. The van der Waals surface area contributed by atoms with Gasteiger partial charge in [-0.1, -0.05) is 6.42 Å². The standard InChI is InChI=1S/C19H27N3O4S/c23-18(21-7-2-6-20(8-9-21)14-3-1-4-14)17-11-16(12-22(17)19(24)25)26-15-5-10-27-13-15/h5,10,13-14,16-17H,1-4,6-9,11-12H2,(H,24,25)/t16-,17+/m0/s1. The molecule has 0 aromatic carbocycles. The summed E-state index contributed by atoms with van der Waals surface area (Å²) in [7, 11) is 0. The second-order valence-electron chi connectivity index (χ2n) is 7.68. The van der Waals surface area contributed by atoms with Gasteiger partial charge < -0.3 is 14.7 Å². The predicted octanol–water partition coefficient (Wildman–Crippen LogP) is 2.33. The van der Waals surface area contributed by atoms with E-state index in [1.54, 1.807) is 0 Å². The maximum absolute atomic E-state index is 13.1. The molecule has 2 atom stereocenters. The van der Waals surface area contributed by atoms with E-state index >= 15 is 0 Å². The van der Waals surface area contributed by atoms with Gasteiger partial charge in [0.05, 0.1) is 6.54 Å². The second-order valence-corrected chi connectivity index (χ2v) is 8.46. The van der Waals surface area contributed by atoms with Gasteiger partial charge in [-0.15, -0.1) is 11.3 Å². The first-order valence-corrected chi connectivity index (χ1v) is 10.8. The summed E-state index contributed by atoms with van der Waals surface area (Å²) < 4.78 is 5.89. The first-order chi connectivity index (χ1) is 13.1. The van der Waals surface area contributed by atoms with Crippen molar-refractivity contribution in [2.45, 2.75) is 50.3 Å². The van der Waals surface area contributed by atoms with Crippen LogP contribution in [0.25, 0.3) is 0 Å². The molecule has 3 fully saturated rings. The van der Waals surface area contributed by atoms with Crippen LogP contribution in [0.4, 0.5) is 4.79 Å². The number of rotatable bonds is 4. The average Bonchev–Trinajstić information content (AvgIpc) is 3.19. The lowest BCUT2D eigenvalue weighted by molar-refractivity contribution is -0.135. The van der Waals surface area contributed by atoms with Gasteiger partial charge in [-0.3, -0.25) is 14.6 Å². The molecule has 148 valence electrons. The van der Waals surface area contributed by atoms with Gasteiger partial charge in [-0.2, -0.15) is 0 Å². The highest BCUT2D eigenvalue weighted by molar-refractivity contribution is 7.08. The number of hydrogen-bond donors (Lipinski definition) is 1. The highest BCUT2D eigenvalue weighted by atomic mass is 32.1. The van der Waals surface area contributed by atoms with Crippen molar-refractivity contribution >= 4 is 23.3 Å². The van der Waals surface area contributed by atoms with Crippen molar-refractivity contribution in [3.05, 3.63) is 16.8 Å². The van der Waals surface area contributed by atoms with Crippen LogP contribution in [0.1, 0.15) is 32.1 Å². The summed E-state index contributed by atoms with van der Waals surface area (Å²) in [6, 6.07) is 1.92. The molecule has 2 saturated heterocycles. The van der Waals surface area contributed by atoms with Crippen molar-refractivity contribution in [1.29, 1.82) is 0 Å². The van der Waals surface area contributed by atoms with Crippen LogP contribution in [0.15, 0.2) is 16.8 Å². The molecule has 2 amide bonds. The topological polar surface area (TPSA) is 73.3 Å². The first-order valence-electron chi connectivity index (χ1n) is 9.83. The highest BCUT2D eigenvalue weighted by Gasteiger charge is 2.43. The van der Waals surface area contributed by atoms with E-state index in [1.165, 1.54) is 35.5 Å². The van der Waals surface area contributed by atoms with Gasteiger partial charge >= 0.3 is 6.09 Å². The van der Waals surface area contributed by atoms with E-state index in [9.17, 15) is 14.7 Å². The van der Waals surface area contributed by atoms with Crippen molar-refractivity contribution in [3.8, 4) is 5.75 Å². The number of carboxylic acid groups (broad SMARTS) is 1. The fourth-order valence-corrected chi connectivity index (χ4v) is 4.88. The zero-order valence-corrected chi connectivity index (χ0v) is 16.3. The van der Waals surface area contributed by atoms with Gasteiger partial charge in [0.15, 0.2) is 0 Å². The molecule has 3 aliphatic rings. The van der Waals surface area contributed by atoms with E-state index < -0.39 is 12.1 Å². The van der Waals surface area contributed by atoms with Crippen LogP contribution in [-0.2, 0) is 4.79 Å². The normalized spacial score (nSPS) is 27.3. The molecular formula is C19H27N3O4S. The lowest BCUT2D eigenvalue weighted by Gasteiger charge is -2.36. The number of likely N-dealkylation sites (tertiary alicyclic amines) is 1. The Hall–Kier alpha value is -1.80. The van der Waals surface area contributed by atoms with E-state index in [4.69, 9.17) is 4.74 Å². The third kappa shape index (κ3) is 4.06. The van der Waals surface area contributed by atoms with Crippen LogP contribution >= 0.6 is 11.3 Å². The lowest BCUT2D eigenvalue weighted by atomic mass is 9.91. The molecule has 7 nitrogen and oxygen atoms in total. The van der Waals surface area contributed by atoms with Gasteiger partial charge in [0.25, 0.3) is 0 Å². The number of carbonyl (C=O) groups is 2. The SMILES string of the molecule is O=C([C@H]1C[C@H](Oc2ccsc2)CN1C(=O)O)N1CCCN(C2CCC2)CC1.